The molecule has 1 aliphatic carbocycles. The Bertz CT molecular complexity index is 490. The fraction of sp³-hybridized carbons (Fsp3) is 0.500. The Labute approximate surface area is 112 Å². The molecule has 2 aliphatic rings. The number of benzene rings is 1. The third-order valence-electron chi connectivity index (χ3n) is 3.57. The van der Waals surface area contributed by atoms with Gasteiger partial charge in [0.25, 0.3) is 0 Å². The number of nitrogens with one attached hydrogen (secondary N) is 1. The maximum absolute atomic E-state index is 11.8. The van der Waals surface area contributed by atoms with Crippen LogP contribution in [0.25, 0.3) is 0 Å². The highest BCUT2D eigenvalue weighted by Gasteiger charge is 2.44. The van der Waals surface area contributed by atoms with Crippen molar-refractivity contribution in [2.24, 2.45) is 11.7 Å². The zero-order valence-electron chi connectivity index (χ0n) is 10.7. The summed E-state index contributed by atoms with van der Waals surface area (Å²) in [6, 6.07) is 5.95. The molecule has 1 saturated carbocycles. The second-order valence-electron chi connectivity index (χ2n) is 4.93. The number of amides is 1. The van der Waals surface area contributed by atoms with Gasteiger partial charge in [-0.05, 0) is 30.0 Å². The molecule has 1 heterocycles. The maximum atomic E-state index is 11.8. The molecule has 3 N–H and O–H groups in total. The second-order valence-corrected chi connectivity index (χ2v) is 4.93. The molecule has 5 nitrogen and oxygen atoms in total. The van der Waals surface area contributed by atoms with Crippen molar-refractivity contribution in [1.29, 1.82) is 0 Å². The lowest BCUT2D eigenvalue weighted by molar-refractivity contribution is -0.122. The molecule has 1 aromatic carbocycles. The summed E-state index contributed by atoms with van der Waals surface area (Å²) in [4.78, 5) is 11.8. The molecule has 5 heteroatoms. The van der Waals surface area contributed by atoms with Crippen LogP contribution in [0, 0.1) is 5.92 Å². The molecule has 1 aromatic rings. The van der Waals surface area contributed by atoms with E-state index in [2.05, 4.69) is 5.32 Å². The van der Waals surface area contributed by atoms with Gasteiger partial charge in [0.15, 0.2) is 11.5 Å². The SMILES string of the molecule is NCCNC(=O)C1CC1c1ccc2c(c1)OCCO2. The predicted octanol–water partition coefficient (Wildman–Crippen LogP) is 0.636. The number of fused-ring (bicyclic) bond motifs is 1. The van der Waals surface area contributed by atoms with Crippen molar-refractivity contribution < 1.29 is 14.3 Å². The van der Waals surface area contributed by atoms with Gasteiger partial charge in [-0.1, -0.05) is 6.07 Å². The molecule has 0 bridgehead atoms. The Morgan fingerprint density at radius 3 is 2.89 bits per heavy atom. The van der Waals surface area contributed by atoms with Crippen LogP contribution in [0.3, 0.4) is 0 Å². The first-order valence-corrected chi connectivity index (χ1v) is 6.67. The van der Waals surface area contributed by atoms with E-state index in [9.17, 15) is 4.79 Å². The van der Waals surface area contributed by atoms with Gasteiger partial charge in [0.1, 0.15) is 13.2 Å². The van der Waals surface area contributed by atoms with E-state index in [1.165, 1.54) is 0 Å². The number of hydrogen-bond acceptors (Lipinski definition) is 4. The lowest BCUT2D eigenvalue weighted by Gasteiger charge is -2.18. The Balaban J connectivity index is 1.66. The molecule has 102 valence electrons. The van der Waals surface area contributed by atoms with E-state index in [1.807, 2.05) is 18.2 Å². The van der Waals surface area contributed by atoms with E-state index < -0.39 is 0 Å². The van der Waals surface area contributed by atoms with Crippen LogP contribution in [0.2, 0.25) is 0 Å². The number of carbonyl (C=O) groups excluding carboxylic acids is 1. The monoisotopic (exact) mass is 262 g/mol. The summed E-state index contributed by atoms with van der Waals surface area (Å²) in [6.45, 7) is 2.21. The largest absolute Gasteiger partial charge is 0.486 e. The normalized spacial score (nSPS) is 23.8. The van der Waals surface area contributed by atoms with Crippen molar-refractivity contribution in [3.05, 3.63) is 23.8 Å². The minimum atomic E-state index is 0.0779. The first-order chi connectivity index (χ1) is 9.29. The Hall–Kier alpha value is -1.75. The third kappa shape index (κ3) is 2.51. The molecule has 2 unspecified atom stereocenters. The van der Waals surface area contributed by atoms with Gasteiger partial charge < -0.3 is 20.5 Å². The summed E-state index contributed by atoms with van der Waals surface area (Å²) >= 11 is 0. The molecule has 2 atom stereocenters. The first-order valence-electron chi connectivity index (χ1n) is 6.67. The Morgan fingerprint density at radius 1 is 1.32 bits per heavy atom. The molecule has 1 fully saturated rings. The molecule has 1 aliphatic heterocycles. The van der Waals surface area contributed by atoms with Gasteiger partial charge in [-0.15, -0.1) is 0 Å². The maximum Gasteiger partial charge on any atom is 0.223 e. The molecule has 0 radical (unpaired) electrons. The standard InChI is InChI=1S/C14H18N2O3/c15-3-4-16-14(17)11-8-10(11)9-1-2-12-13(7-9)19-6-5-18-12/h1-2,7,10-11H,3-6,8,15H2,(H,16,17). The fourth-order valence-electron chi connectivity index (χ4n) is 2.47. The van der Waals surface area contributed by atoms with Crippen LogP contribution < -0.4 is 20.5 Å². The number of nitrogens with two attached hydrogens (primary N) is 1. The van der Waals surface area contributed by atoms with Crippen molar-refractivity contribution in [1.82, 2.24) is 5.32 Å². The lowest BCUT2D eigenvalue weighted by Crippen LogP contribution is -2.30. The number of hydrogen-bond donors (Lipinski definition) is 2. The van der Waals surface area contributed by atoms with Gasteiger partial charge in [0.2, 0.25) is 5.91 Å². The lowest BCUT2D eigenvalue weighted by atomic mass is 10.1. The summed E-state index contributed by atoms with van der Waals surface area (Å²) in [5.41, 5.74) is 6.52. The highest BCUT2D eigenvalue weighted by atomic mass is 16.6. The van der Waals surface area contributed by atoms with E-state index in [0.717, 1.165) is 23.5 Å². The first kappa shape index (κ1) is 12.3. The van der Waals surface area contributed by atoms with Gasteiger partial charge >= 0.3 is 0 Å². The third-order valence-corrected chi connectivity index (χ3v) is 3.57. The van der Waals surface area contributed by atoms with Crippen molar-refractivity contribution in [2.45, 2.75) is 12.3 Å². The summed E-state index contributed by atoms with van der Waals surface area (Å²) < 4.78 is 11.0. The molecule has 0 aromatic heterocycles. The second kappa shape index (κ2) is 5.09. The Kier molecular flexibility index (Phi) is 3.29. The quantitative estimate of drug-likeness (QED) is 0.835. The van der Waals surface area contributed by atoms with Crippen LogP contribution in [-0.2, 0) is 4.79 Å². The predicted molar refractivity (Wildman–Crippen MR) is 70.3 cm³/mol. The van der Waals surface area contributed by atoms with Gasteiger partial charge in [-0.2, -0.15) is 0 Å². The number of carbonyl (C=O) groups is 1. The van der Waals surface area contributed by atoms with Gasteiger partial charge in [0, 0.05) is 19.0 Å². The average molecular weight is 262 g/mol. The highest BCUT2D eigenvalue weighted by Crippen LogP contribution is 2.49. The van der Waals surface area contributed by atoms with Crippen LogP contribution in [0.5, 0.6) is 11.5 Å². The van der Waals surface area contributed by atoms with E-state index in [1.54, 1.807) is 0 Å². The Morgan fingerprint density at radius 2 is 2.11 bits per heavy atom. The summed E-state index contributed by atoms with van der Waals surface area (Å²) in [7, 11) is 0. The van der Waals surface area contributed by atoms with E-state index in [4.69, 9.17) is 15.2 Å². The summed E-state index contributed by atoms with van der Waals surface area (Å²) in [5.74, 6) is 2.06. The molecular formula is C14H18N2O3. The molecule has 0 spiro atoms. The zero-order valence-corrected chi connectivity index (χ0v) is 10.7. The molecule has 3 rings (SSSR count). The molecule has 0 saturated heterocycles. The number of ether oxygens (including phenoxy) is 2. The van der Waals surface area contributed by atoms with Crippen molar-refractivity contribution in [2.75, 3.05) is 26.3 Å². The summed E-state index contributed by atoms with van der Waals surface area (Å²) in [6.07, 6.45) is 0.899. The van der Waals surface area contributed by atoms with Crippen LogP contribution in [0.15, 0.2) is 18.2 Å². The topological polar surface area (TPSA) is 73.6 Å². The average Bonchev–Trinajstić information content (AvgIpc) is 3.24. The minimum Gasteiger partial charge on any atom is -0.486 e. The van der Waals surface area contributed by atoms with Crippen molar-refractivity contribution in [3.63, 3.8) is 0 Å². The van der Waals surface area contributed by atoms with E-state index in [-0.39, 0.29) is 11.8 Å². The van der Waals surface area contributed by atoms with E-state index in [0.29, 0.717) is 32.2 Å². The van der Waals surface area contributed by atoms with Crippen LogP contribution >= 0.6 is 0 Å². The van der Waals surface area contributed by atoms with Gasteiger partial charge in [-0.25, -0.2) is 0 Å². The fourth-order valence-corrected chi connectivity index (χ4v) is 2.47. The molecule has 1 amide bonds. The van der Waals surface area contributed by atoms with Crippen LogP contribution in [-0.4, -0.2) is 32.2 Å². The van der Waals surface area contributed by atoms with Crippen LogP contribution in [0.4, 0.5) is 0 Å². The smallest absolute Gasteiger partial charge is 0.223 e. The van der Waals surface area contributed by atoms with Gasteiger partial charge in [0.05, 0.1) is 0 Å². The van der Waals surface area contributed by atoms with Crippen LogP contribution in [0.1, 0.15) is 17.9 Å². The van der Waals surface area contributed by atoms with Crippen molar-refractivity contribution >= 4 is 5.91 Å². The number of rotatable bonds is 4. The molecule has 19 heavy (non-hydrogen) atoms. The summed E-state index contributed by atoms with van der Waals surface area (Å²) in [5, 5.41) is 2.84. The van der Waals surface area contributed by atoms with Crippen molar-refractivity contribution in [3.8, 4) is 11.5 Å². The van der Waals surface area contributed by atoms with E-state index >= 15 is 0 Å². The van der Waals surface area contributed by atoms with Gasteiger partial charge in [-0.3, -0.25) is 4.79 Å². The minimum absolute atomic E-state index is 0.0779. The zero-order chi connectivity index (χ0) is 13.2. The molecular weight excluding hydrogens is 244 g/mol. The highest BCUT2D eigenvalue weighted by molar-refractivity contribution is 5.82.